The van der Waals surface area contributed by atoms with Gasteiger partial charge in [-0.2, -0.15) is 4.31 Å². The average Bonchev–Trinajstić information content (AvgIpc) is 3.13. The van der Waals surface area contributed by atoms with Gasteiger partial charge in [-0.15, -0.1) is 0 Å². The minimum absolute atomic E-state index is 0.0297. The van der Waals surface area contributed by atoms with Crippen molar-refractivity contribution in [1.29, 1.82) is 0 Å². The predicted octanol–water partition coefficient (Wildman–Crippen LogP) is 1.19. The normalized spacial score (nSPS) is 26.9. The molecule has 0 radical (unpaired) electrons. The molecule has 146 valence electrons. The Hall–Kier alpha value is -1.45. The zero-order valence-electron chi connectivity index (χ0n) is 15.8. The molecule has 1 aromatic heterocycles. The molecule has 1 amide bonds. The highest BCUT2D eigenvalue weighted by Gasteiger charge is 2.53. The first-order chi connectivity index (χ1) is 12.2. The van der Waals surface area contributed by atoms with Crippen LogP contribution >= 0.6 is 0 Å². The molecule has 0 unspecified atom stereocenters. The van der Waals surface area contributed by atoms with Crippen molar-refractivity contribution in [3.63, 3.8) is 0 Å². The van der Waals surface area contributed by atoms with E-state index in [-0.39, 0.29) is 22.1 Å². The van der Waals surface area contributed by atoms with E-state index >= 15 is 0 Å². The van der Waals surface area contributed by atoms with Crippen molar-refractivity contribution >= 4 is 15.9 Å². The Balaban J connectivity index is 1.91. The van der Waals surface area contributed by atoms with Crippen LogP contribution in [0.2, 0.25) is 0 Å². The van der Waals surface area contributed by atoms with E-state index in [2.05, 4.69) is 5.16 Å². The number of fused-ring (bicyclic) bond motifs is 1. The quantitative estimate of drug-likeness (QED) is 0.756. The maximum atomic E-state index is 13.2. The molecule has 2 fully saturated rings. The molecular formula is C17H27N3O5S. The molecule has 3 heterocycles. The van der Waals surface area contributed by atoms with E-state index in [9.17, 15) is 13.2 Å². The standard InChI is InChI=1S/C17H27N3O5S/c1-5-24-11-17-6-7-19(14(4)21)8-15(17)9-20(10-17)26(22,23)16-12(2)18-25-13(16)3/h15H,5-11H2,1-4H3/t15-,17+/m1/s1. The zero-order valence-corrected chi connectivity index (χ0v) is 16.6. The molecule has 3 rings (SSSR count). The van der Waals surface area contributed by atoms with Gasteiger partial charge in [0.1, 0.15) is 10.6 Å². The summed E-state index contributed by atoms with van der Waals surface area (Å²) < 4.78 is 38.7. The molecule has 0 bridgehead atoms. The molecule has 0 aromatic carbocycles. The van der Waals surface area contributed by atoms with Crippen LogP contribution in [0.4, 0.5) is 0 Å². The average molecular weight is 385 g/mol. The summed E-state index contributed by atoms with van der Waals surface area (Å²) in [4.78, 5) is 13.8. The number of nitrogens with zero attached hydrogens (tertiary/aromatic N) is 3. The first kappa shape index (κ1) is 19.3. The van der Waals surface area contributed by atoms with E-state index in [1.54, 1.807) is 25.7 Å². The van der Waals surface area contributed by atoms with Gasteiger partial charge in [-0.25, -0.2) is 8.42 Å². The van der Waals surface area contributed by atoms with Crippen LogP contribution < -0.4 is 0 Å². The molecule has 2 aliphatic heterocycles. The van der Waals surface area contributed by atoms with Gasteiger partial charge in [0.05, 0.1) is 6.61 Å². The Morgan fingerprint density at radius 3 is 2.69 bits per heavy atom. The minimum Gasteiger partial charge on any atom is -0.381 e. The lowest BCUT2D eigenvalue weighted by molar-refractivity contribution is -0.133. The number of amides is 1. The maximum absolute atomic E-state index is 13.2. The number of ether oxygens (including phenoxy) is 1. The summed E-state index contributed by atoms with van der Waals surface area (Å²) in [5.41, 5.74) is 0.121. The van der Waals surface area contributed by atoms with Crippen molar-refractivity contribution in [2.45, 2.75) is 39.0 Å². The van der Waals surface area contributed by atoms with Gasteiger partial charge >= 0.3 is 0 Å². The summed E-state index contributed by atoms with van der Waals surface area (Å²) in [6.45, 7) is 9.82. The maximum Gasteiger partial charge on any atom is 0.248 e. The van der Waals surface area contributed by atoms with E-state index in [0.29, 0.717) is 50.8 Å². The number of hydrogen-bond donors (Lipinski definition) is 0. The van der Waals surface area contributed by atoms with Gasteiger partial charge < -0.3 is 14.2 Å². The van der Waals surface area contributed by atoms with Crippen LogP contribution in [0.25, 0.3) is 0 Å². The van der Waals surface area contributed by atoms with Gasteiger partial charge in [0.25, 0.3) is 0 Å². The van der Waals surface area contributed by atoms with Crippen LogP contribution in [0.1, 0.15) is 31.7 Å². The number of sulfonamides is 1. The van der Waals surface area contributed by atoms with E-state index < -0.39 is 10.0 Å². The Morgan fingerprint density at radius 1 is 1.38 bits per heavy atom. The minimum atomic E-state index is -3.70. The number of aryl methyl sites for hydroxylation is 2. The van der Waals surface area contributed by atoms with Crippen molar-refractivity contribution in [1.82, 2.24) is 14.4 Å². The number of piperidine rings is 1. The fourth-order valence-electron chi connectivity index (χ4n) is 4.22. The number of hydrogen-bond acceptors (Lipinski definition) is 6. The van der Waals surface area contributed by atoms with Crippen LogP contribution in [0.5, 0.6) is 0 Å². The Morgan fingerprint density at radius 2 is 2.12 bits per heavy atom. The molecule has 2 aliphatic rings. The van der Waals surface area contributed by atoms with Crippen molar-refractivity contribution in [2.75, 3.05) is 39.4 Å². The molecule has 1 aromatic rings. The van der Waals surface area contributed by atoms with E-state index in [1.807, 2.05) is 6.92 Å². The van der Waals surface area contributed by atoms with Crippen molar-refractivity contribution in [2.24, 2.45) is 11.3 Å². The van der Waals surface area contributed by atoms with Gasteiger partial charge in [0.15, 0.2) is 5.76 Å². The van der Waals surface area contributed by atoms with Gasteiger partial charge in [-0.3, -0.25) is 4.79 Å². The van der Waals surface area contributed by atoms with Crippen molar-refractivity contribution in [3.05, 3.63) is 11.5 Å². The molecule has 0 N–H and O–H groups in total. The summed E-state index contributed by atoms with van der Waals surface area (Å²) in [5.74, 6) is 0.394. The third-order valence-corrected chi connectivity index (χ3v) is 7.76. The zero-order chi connectivity index (χ0) is 19.1. The number of aromatic nitrogens is 1. The lowest BCUT2D eigenvalue weighted by atomic mass is 9.73. The van der Waals surface area contributed by atoms with Gasteiger partial charge in [0.2, 0.25) is 15.9 Å². The molecule has 0 saturated carbocycles. The lowest BCUT2D eigenvalue weighted by Gasteiger charge is -2.43. The summed E-state index contributed by atoms with van der Waals surface area (Å²) >= 11 is 0. The second-order valence-electron chi connectivity index (χ2n) is 7.36. The van der Waals surface area contributed by atoms with E-state index in [1.165, 1.54) is 4.31 Å². The Labute approximate surface area is 154 Å². The van der Waals surface area contributed by atoms with Crippen LogP contribution in [0.15, 0.2) is 9.42 Å². The van der Waals surface area contributed by atoms with Crippen molar-refractivity contribution in [3.8, 4) is 0 Å². The highest BCUT2D eigenvalue weighted by Crippen LogP contribution is 2.45. The number of carbonyl (C=O) groups excluding carboxylic acids is 1. The Kier molecular flexibility index (Phi) is 5.15. The lowest BCUT2D eigenvalue weighted by Crippen LogP contribution is -2.50. The summed E-state index contributed by atoms with van der Waals surface area (Å²) in [6, 6.07) is 0. The molecule has 26 heavy (non-hydrogen) atoms. The highest BCUT2D eigenvalue weighted by molar-refractivity contribution is 7.89. The second kappa shape index (κ2) is 6.94. The summed E-state index contributed by atoms with van der Waals surface area (Å²) in [5, 5.41) is 3.79. The molecule has 8 nitrogen and oxygen atoms in total. The first-order valence-electron chi connectivity index (χ1n) is 8.97. The molecular weight excluding hydrogens is 358 g/mol. The molecule has 0 aliphatic carbocycles. The monoisotopic (exact) mass is 385 g/mol. The van der Waals surface area contributed by atoms with Crippen LogP contribution in [-0.2, 0) is 19.6 Å². The summed E-state index contributed by atoms with van der Waals surface area (Å²) in [7, 11) is -3.70. The number of rotatable bonds is 5. The fraction of sp³-hybridized carbons (Fsp3) is 0.765. The largest absolute Gasteiger partial charge is 0.381 e. The topological polar surface area (TPSA) is 93.0 Å². The third-order valence-electron chi connectivity index (χ3n) is 5.71. The summed E-state index contributed by atoms with van der Waals surface area (Å²) in [6.07, 6.45) is 0.741. The molecule has 2 saturated heterocycles. The Bertz CT molecular complexity index is 771. The van der Waals surface area contributed by atoms with Crippen molar-refractivity contribution < 1.29 is 22.5 Å². The van der Waals surface area contributed by atoms with Crippen LogP contribution in [0, 0.1) is 25.2 Å². The van der Waals surface area contributed by atoms with Gasteiger partial charge in [-0.1, -0.05) is 5.16 Å². The van der Waals surface area contributed by atoms with Crippen LogP contribution in [-0.4, -0.2) is 68.1 Å². The first-order valence-corrected chi connectivity index (χ1v) is 10.4. The SMILES string of the molecule is CCOC[C@@]12CCN(C(C)=O)C[C@@H]1CN(S(=O)(=O)c1c(C)noc1C)C2. The predicted molar refractivity (Wildman–Crippen MR) is 94.0 cm³/mol. The smallest absolute Gasteiger partial charge is 0.248 e. The van der Waals surface area contributed by atoms with Gasteiger partial charge in [-0.05, 0) is 33.1 Å². The van der Waals surface area contributed by atoms with Crippen LogP contribution in [0.3, 0.4) is 0 Å². The van der Waals surface area contributed by atoms with E-state index in [0.717, 1.165) is 6.42 Å². The molecule has 2 atom stereocenters. The second-order valence-corrected chi connectivity index (χ2v) is 9.24. The number of likely N-dealkylation sites (tertiary alicyclic amines) is 1. The van der Waals surface area contributed by atoms with E-state index in [4.69, 9.17) is 9.26 Å². The van der Waals surface area contributed by atoms with Gasteiger partial charge in [0, 0.05) is 45.1 Å². The third kappa shape index (κ3) is 3.16. The number of carbonyl (C=O) groups is 1. The molecule has 0 spiro atoms. The highest BCUT2D eigenvalue weighted by atomic mass is 32.2. The fourth-order valence-corrected chi connectivity index (χ4v) is 6.09. The molecule has 9 heteroatoms.